The number of morpholine rings is 1. The van der Waals surface area contributed by atoms with Gasteiger partial charge >= 0.3 is 0 Å². The number of hydrogen-bond acceptors (Lipinski definition) is 7. The Labute approximate surface area is 201 Å². The average Bonchev–Trinajstić information content (AvgIpc) is 2.87. The van der Waals surface area contributed by atoms with Gasteiger partial charge < -0.3 is 28.6 Å². The Bertz CT molecular complexity index is 982. The van der Waals surface area contributed by atoms with E-state index in [9.17, 15) is 4.79 Å². The lowest BCUT2D eigenvalue weighted by Crippen LogP contribution is -2.66. The van der Waals surface area contributed by atoms with E-state index < -0.39 is 6.10 Å². The lowest BCUT2D eigenvalue weighted by Gasteiger charge is -2.52. The Morgan fingerprint density at radius 1 is 0.912 bits per heavy atom. The van der Waals surface area contributed by atoms with Crippen molar-refractivity contribution in [1.29, 1.82) is 0 Å². The Hall–Kier alpha value is -2.97. The van der Waals surface area contributed by atoms with Crippen LogP contribution >= 0.6 is 0 Å². The SMILES string of the molecule is COc1cccc(O[C@H]2C(=O)N(CC(C)(C)N3CCOCC3)[C@H]2c2cc(OC)cc(OC)c2)c1. The highest BCUT2D eigenvalue weighted by Gasteiger charge is 2.52. The first-order valence-corrected chi connectivity index (χ1v) is 11.5. The third kappa shape index (κ3) is 4.93. The maximum Gasteiger partial charge on any atom is 0.266 e. The number of rotatable bonds is 9. The predicted molar refractivity (Wildman–Crippen MR) is 128 cm³/mol. The Kier molecular flexibility index (Phi) is 7.19. The number of hydrogen-bond donors (Lipinski definition) is 0. The van der Waals surface area contributed by atoms with E-state index in [1.54, 1.807) is 27.4 Å². The second-order valence-corrected chi connectivity index (χ2v) is 9.19. The molecule has 0 aromatic heterocycles. The first kappa shape index (κ1) is 24.2. The Morgan fingerprint density at radius 2 is 1.50 bits per heavy atom. The van der Waals surface area contributed by atoms with Crippen LogP contribution in [0.3, 0.4) is 0 Å². The van der Waals surface area contributed by atoms with Crippen molar-refractivity contribution in [3.05, 3.63) is 48.0 Å². The first-order valence-electron chi connectivity index (χ1n) is 11.5. The summed E-state index contributed by atoms with van der Waals surface area (Å²) in [6, 6.07) is 12.7. The minimum Gasteiger partial charge on any atom is -0.497 e. The van der Waals surface area contributed by atoms with Gasteiger partial charge in [0.15, 0.2) is 0 Å². The number of carbonyl (C=O) groups is 1. The van der Waals surface area contributed by atoms with Crippen LogP contribution in [0.2, 0.25) is 0 Å². The number of ether oxygens (including phenoxy) is 5. The van der Waals surface area contributed by atoms with Crippen molar-refractivity contribution in [2.24, 2.45) is 0 Å². The van der Waals surface area contributed by atoms with Gasteiger partial charge in [0.25, 0.3) is 5.91 Å². The molecule has 2 aliphatic heterocycles. The van der Waals surface area contributed by atoms with E-state index >= 15 is 0 Å². The zero-order chi connectivity index (χ0) is 24.3. The molecular weight excluding hydrogens is 436 g/mol. The summed E-state index contributed by atoms with van der Waals surface area (Å²) in [5.74, 6) is 2.55. The van der Waals surface area contributed by atoms with Crippen LogP contribution < -0.4 is 18.9 Å². The second-order valence-electron chi connectivity index (χ2n) is 9.19. The number of methoxy groups -OCH3 is 3. The molecule has 0 unspecified atom stereocenters. The number of likely N-dealkylation sites (tertiary alicyclic amines) is 1. The summed E-state index contributed by atoms with van der Waals surface area (Å²) in [7, 11) is 4.84. The van der Waals surface area contributed by atoms with Gasteiger partial charge in [-0.1, -0.05) is 6.07 Å². The van der Waals surface area contributed by atoms with E-state index in [1.165, 1.54) is 0 Å². The first-order chi connectivity index (χ1) is 16.4. The molecule has 2 aliphatic rings. The molecule has 0 spiro atoms. The van der Waals surface area contributed by atoms with E-state index in [0.717, 1.165) is 18.7 Å². The van der Waals surface area contributed by atoms with Gasteiger partial charge in [-0.3, -0.25) is 9.69 Å². The summed E-state index contributed by atoms with van der Waals surface area (Å²) in [5, 5.41) is 0. The van der Waals surface area contributed by atoms with Gasteiger partial charge in [0.05, 0.1) is 34.5 Å². The van der Waals surface area contributed by atoms with E-state index in [-0.39, 0.29) is 17.5 Å². The minimum absolute atomic E-state index is 0.0454. The van der Waals surface area contributed by atoms with Gasteiger partial charge in [0.1, 0.15) is 29.0 Å². The van der Waals surface area contributed by atoms with Crippen LogP contribution in [-0.2, 0) is 9.53 Å². The van der Waals surface area contributed by atoms with Crippen LogP contribution in [0.5, 0.6) is 23.0 Å². The van der Waals surface area contributed by atoms with Crippen LogP contribution in [0.25, 0.3) is 0 Å². The van der Waals surface area contributed by atoms with Crippen LogP contribution in [-0.4, -0.2) is 81.5 Å². The second kappa shape index (κ2) is 10.1. The highest BCUT2D eigenvalue weighted by Crippen LogP contribution is 2.42. The molecule has 2 aromatic rings. The van der Waals surface area contributed by atoms with Gasteiger partial charge in [0.2, 0.25) is 6.10 Å². The monoisotopic (exact) mass is 470 g/mol. The Morgan fingerprint density at radius 3 is 2.12 bits per heavy atom. The fourth-order valence-corrected chi connectivity index (χ4v) is 4.67. The number of nitrogens with zero attached hydrogens (tertiary/aromatic N) is 2. The lowest BCUT2D eigenvalue weighted by molar-refractivity contribution is -0.168. The summed E-state index contributed by atoms with van der Waals surface area (Å²) in [4.78, 5) is 17.7. The molecule has 184 valence electrons. The number of amides is 1. The molecule has 8 nitrogen and oxygen atoms in total. The molecule has 8 heteroatoms. The number of benzene rings is 2. The highest BCUT2D eigenvalue weighted by atomic mass is 16.5. The Balaban J connectivity index is 1.64. The van der Waals surface area contributed by atoms with Crippen molar-refractivity contribution >= 4 is 5.91 Å². The van der Waals surface area contributed by atoms with Crippen LogP contribution in [0.4, 0.5) is 0 Å². The van der Waals surface area contributed by atoms with E-state index in [4.69, 9.17) is 23.7 Å². The molecule has 34 heavy (non-hydrogen) atoms. The molecule has 2 heterocycles. The summed E-state index contributed by atoms with van der Waals surface area (Å²) in [5.41, 5.74) is 0.683. The van der Waals surface area contributed by atoms with Crippen molar-refractivity contribution in [1.82, 2.24) is 9.80 Å². The molecule has 2 fully saturated rings. The topological polar surface area (TPSA) is 69.7 Å². The molecule has 2 aromatic carbocycles. The van der Waals surface area contributed by atoms with E-state index in [0.29, 0.717) is 42.8 Å². The normalized spacial score (nSPS) is 21.1. The maximum absolute atomic E-state index is 13.4. The van der Waals surface area contributed by atoms with Gasteiger partial charge in [-0.25, -0.2) is 0 Å². The zero-order valence-corrected chi connectivity index (χ0v) is 20.6. The molecular formula is C26H34N2O6. The summed E-state index contributed by atoms with van der Waals surface area (Å²) < 4.78 is 28.1. The molecule has 0 aliphatic carbocycles. The summed E-state index contributed by atoms with van der Waals surface area (Å²) in [6.07, 6.45) is -0.663. The average molecular weight is 471 g/mol. The van der Waals surface area contributed by atoms with Gasteiger partial charge in [0, 0.05) is 37.3 Å². The van der Waals surface area contributed by atoms with Gasteiger partial charge in [-0.15, -0.1) is 0 Å². The van der Waals surface area contributed by atoms with E-state index in [1.807, 2.05) is 41.3 Å². The van der Waals surface area contributed by atoms with Crippen molar-refractivity contribution in [3.8, 4) is 23.0 Å². The zero-order valence-electron chi connectivity index (χ0n) is 20.6. The molecule has 2 atom stereocenters. The van der Waals surface area contributed by atoms with Crippen LogP contribution in [0.15, 0.2) is 42.5 Å². The lowest BCUT2D eigenvalue weighted by atomic mass is 9.87. The fraction of sp³-hybridized carbons (Fsp3) is 0.500. The summed E-state index contributed by atoms with van der Waals surface area (Å²) >= 11 is 0. The third-order valence-electron chi connectivity index (χ3n) is 6.59. The van der Waals surface area contributed by atoms with Crippen LogP contribution in [0.1, 0.15) is 25.5 Å². The molecule has 4 rings (SSSR count). The van der Waals surface area contributed by atoms with Crippen molar-refractivity contribution in [2.45, 2.75) is 31.5 Å². The quantitative estimate of drug-likeness (QED) is 0.522. The fourth-order valence-electron chi connectivity index (χ4n) is 4.67. The predicted octanol–water partition coefficient (Wildman–Crippen LogP) is 3.15. The molecule has 0 saturated carbocycles. The number of carbonyl (C=O) groups excluding carboxylic acids is 1. The van der Waals surface area contributed by atoms with Gasteiger partial charge in [-0.2, -0.15) is 0 Å². The van der Waals surface area contributed by atoms with Crippen molar-refractivity contribution < 1.29 is 28.5 Å². The standard InChI is InChI=1S/C26H34N2O6/c1-26(2,27-9-11-33-12-10-27)17-28-23(18-13-21(31-4)16-22(14-18)32-5)24(25(28)29)34-20-8-6-7-19(15-20)30-3/h6-8,13-16,23-24H,9-12,17H2,1-5H3/t23-,24+/m0/s1. The largest absolute Gasteiger partial charge is 0.497 e. The molecule has 1 amide bonds. The third-order valence-corrected chi connectivity index (χ3v) is 6.59. The van der Waals surface area contributed by atoms with Crippen LogP contribution in [0, 0.1) is 0 Å². The molecule has 2 saturated heterocycles. The highest BCUT2D eigenvalue weighted by molar-refractivity contribution is 5.89. The molecule has 0 bridgehead atoms. The maximum atomic E-state index is 13.4. The minimum atomic E-state index is -0.663. The van der Waals surface area contributed by atoms with Crippen molar-refractivity contribution in [3.63, 3.8) is 0 Å². The molecule has 0 N–H and O–H groups in total. The van der Waals surface area contributed by atoms with E-state index in [2.05, 4.69) is 18.7 Å². The smallest absolute Gasteiger partial charge is 0.266 e. The van der Waals surface area contributed by atoms with Crippen molar-refractivity contribution in [2.75, 3.05) is 54.2 Å². The molecule has 0 radical (unpaired) electrons. The summed E-state index contributed by atoms with van der Waals surface area (Å²) in [6.45, 7) is 8.00. The number of β-lactam (4-membered cyclic amide) rings is 1. The van der Waals surface area contributed by atoms with Gasteiger partial charge in [-0.05, 0) is 43.7 Å².